The Morgan fingerprint density at radius 3 is 2.63 bits per heavy atom. The highest BCUT2D eigenvalue weighted by Gasteiger charge is 2.22. The van der Waals surface area contributed by atoms with Crippen molar-refractivity contribution in [1.82, 2.24) is 9.78 Å². The predicted octanol–water partition coefficient (Wildman–Crippen LogP) is 3.04. The zero-order valence-electron chi connectivity index (χ0n) is 12.3. The number of hydrogen-bond acceptors (Lipinski definition) is 4. The van der Waals surface area contributed by atoms with Gasteiger partial charge in [-0.2, -0.15) is 16.9 Å². The zero-order valence-corrected chi connectivity index (χ0v) is 13.1. The van der Waals surface area contributed by atoms with Gasteiger partial charge in [0.1, 0.15) is 5.82 Å². The summed E-state index contributed by atoms with van der Waals surface area (Å²) >= 11 is 2.00. The van der Waals surface area contributed by atoms with Gasteiger partial charge in [-0.1, -0.05) is 13.3 Å². The molecular formula is C14H26N4S. The monoisotopic (exact) mass is 282 g/mol. The summed E-state index contributed by atoms with van der Waals surface area (Å²) in [5.74, 6) is 1.01. The van der Waals surface area contributed by atoms with Crippen molar-refractivity contribution >= 4 is 23.3 Å². The van der Waals surface area contributed by atoms with Crippen LogP contribution in [0.2, 0.25) is 0 Å². The minimum Gasteiger partial charge on any atom is -0.394 e. The maximum absolute atomic E-state index is 6.21. The lowest BCUT2D eigenvalue weighted by Crippen LogP contribution is -2.28. The first-order valence-corrected chi connectivity index (χ1v) is 8.55. The smallest absolute Gasteiger partial charge is 0.147 e. The van der Waals surface area contributed by atoms with E-state index in [1.807, 2.05) is 23.5 Å². The molecule has 0 saturated heterocycles. The van der Waals surface area contributed by atoms with Crippen LogP contribution in [-0.4, -0.2) is 27.3 Å². The number of aromatic nitrogens is 2. The van der Waals surface area contributed by atoms with Gasteiger partial charge in [-0.3, -0.25) is 4.68 Å². The van der Waals surface area contributed by atoms with E-state index in [9.17, 15) is 0 Å². The SMILES string of the molecule is CCCc1nn(C)c(NC2CCC(SC)CC2)c1N. The van der Waals surface area contributed by atoms with Gasteiger partial charge >= 0.3 is 0 Å². The van der Waals surface area contributed by atoms with Crippen LogP contribution in [0.5, 0.6) is 0 Å². The average Bonchev–Trinajstić information content (AvgIpc) is 2.68. The first-order chi connectivity index (χ1) is 9.15. The lowest BCUT2D eigenvalue weighted by Gasteiger charge is -2.28. The summed E-state index contributed by atoms with van der Waals surface area (Å²) in [5, 5.41) is 8.97. The number of aryl methyl sites for hydroxylation is 2. The Kier molecular flexibility index (Phi) is 5.02. The molecule has 1 saturated carbocycles. The van der Waals surface area contributed by atoms with Gasteiger partial charge in [0.05, 0.1) is 11.4 Å². The van der Waals surface area contributed by atoms with Crippen LogP contribution in [0.1, 0.15) is 44.7 Å². The van der Waals surface area contributed by atoms with E-state index < -0.39 is 0 Å². The molecule has 0 unspecified atom stereocenters. The van der Waals surface area contributed by atoms with Gasteiger partial charge in [-0.15, -0.1) is 0 Å². The van der Waals surface area contributed by atoms with E-state index in [1.165, 1.54) is 25.7 Å². The lowest BCUT2D eigenvalue weighted by molar-refractivity contribution is 0.470. The fourth-order valence-electron chi connectivity index (χ4n) is 2.82. The van der Waals surface area contributed by atoms with E-state index >= 15 is 0 Å². The number of nitrogen functional groups attached to an aromatic ring is 1. The van der Waals surface area contributed by atoms with E-state index in [1.54, 1.807) is 0 Å². The van der Waals surface area contributed by atoms with E-state index in [0.717, 1.165) is 35.3 Å². The first-order valence-electron chi connectivity index (χ1n) is 7.26. The molecule has 4 nitrogen and oxygen atoms in total. The molecule has 1 fully saturated rings. The van der Waals surface area contributed by atoms with Crippen molar-refractivity contribution < 1.29 is 0 Å². The third-order valence-electron chi connectivity index (χ3n) is 4.00. The molecule has 1 aromatic heterocycles. The molecule has 0 atom stereocenters. The topological polar surface area (TPSA) is 55.9 Å². The molecular weight excluding hydrogens is 256 g/mol. The molecule has 0 aliphatic heterocycles. The first kappa shape index (κ1) is 14.6. The number of hydrogen-bond donors (Lipinski definition) is 2. The Morgan fingerprint density at radius 1 is 1.37 bits per heavy atom. The predicted molar refractivity (Wildman–Crippen MR) is 84.8 cm³/mol. The molecule has 1 aliphatic rings. The van der Waals surface area contributed by atoms with Crippen molar-refractivity contribution in [3.63, 3.8) is 0 Å². The quantitative estimate of drug-likeness (QED) is 0.871. The minimum atomic E-state index is 0.551. The second kappa shape index (κ2) is 6.55. The summed E-state index contributed by atoms with van der Waals surface area (Å²) in [4.78, 5) is 0. The number of thioether (sulfide) groups is 1. The van der Waals surface area contributed by atoms with E-state index in [-0.39, 0.29) is 0 Å². The molecule has 5 heteroatoms. The minimum absolute atomic E-state index is 0.551. The van der Waals surface area contributed by atoms with Crippen LogP contribution < -0.4 is 11.1 Å². The van der Waals surface area contributed by atoms with Gasteiger partial charge in [-0.25, -0.2) is 0 Å². The van der Waals surface area contributed by atoms with Crippen LogP contribution in [0.3, 0.4) is 0 Å². The van der Waals surface area contributed by atoms with E-state index in [4.69, 9.17) is 5.73 Å². The van der Waals surface area contributed by atoms with Gasteiger partial charge in [-0.05, 0) is 38.4 Å². The Balaban J connectivity index is 1.99. The zero-order chi connectivity index (χ0) is 13.8. The number of nitrogens with two attached hydrogens (primary N) is 1. The summed E-state index contributed by atoms with van der Waals surface area (Å²) < 4.78 is 1.90. The summed E-state index contributed by atoms with van der Waals surface area (Å²) in [5.41, 5.74) is 8.09. The van der Waals surface area contributed by atoms with Crippen LogP contribution in [-0.2, 0) is 13.5 Å². The molecule has 2 rings (SSSR count). The Labute approximate surface area is 120 Å². The second-order valence-corrected chi connectivity index (χ2v) is 6.57. The largest absolute Gasteiger partial charge is 0.394 e. The van der Waals surface area contributed by atoms with Crippen molar-refractivity contribution in [3.8, 4) is 0 Å². The molecule has 0 amide bonds. The van der Waals surface area contributed by atoms with Crippen LogP contribution in [0.25, 0.3) is 0 Å². The van der Waals surface area contributed by atoms with Crippen LogP contribution in [0, 0.1) is 0 Å². The van der Waals surface area contributed by atoms with Gasteiger partial charge < -0.3 is 11.1 Å². The van der Waals surface area contributed by atoms with Gasteiger partial charge in [0.25, 0.3) is 0 Å². The number of nitrogens with one attached hydrogen (secondary N) is 1. The van der Waals surface area contributed by atoms with Crippen LogP contribution in [0.15, 0.2) is 0 Å². The molecule has 0 spiro atoms. The van der Waals surface area contributed by atoms with Crippen LogP contribution in [0.4, 0.5) is 11.5 Å². The van der Waals surface area contributed by atoms with Gasteiger partial charge in [0, 0.05) is 18.3 Å². The fraction of sp³-hybridized carbons (Fsp3) is 0.786. The molecule has 0 bridgehead atoms. The van der Waals surface area contributed by atoms with Crippen molar-refractivity contribution in [1.29, 1.82) is 0 Å². The van der Waals surface area contributed by atoms with E-state index in [0.29, 0.717) is 6.04 Å². The summed E-state index contributed by atoms with van der Waals surface area (Å²) in [6, 6.07) is 0.551. The third kappa shape index (κ3) is 3.38. The van der Waals surface area contributed by atoms with Crippen molar-refractivity contribution in [2.45, 2.75) is 56.7 Å². The van der Waals surface area contributed by atoms with Crippen LogP contribution >= 0.6 is 11.8 Å². The molecule has 1 heterocycles. The molecule has 108 valence electrons. The molecule has 1 aliphatic carbocycles. The summed E-state index contributed by atoms with van der Waals surface area (Å²) in [7, 11) is 1.98. The summed E-state index contributed by atoms with van der Waals surface area (Å²) in [6.07, 6.45) is 9.34. The Morgan fingerprint density at radius 2 is 2.05 bits per heavy atom. The Hall–Kier alpha value is -0.840. The highest BCUT2D eigenvalue weighted by molar-refractivity contribution is 7.99. The molecule has 3 N–H and O–H groups in total. The van der Waals surface area contributed by atoms with Crippen molar-refractivity contribution in [2.75, 3.05) is 17.3 Å². The van der Waals surface area contributed by atoms with Gasteiger partial charge in [0.2, 0.25) is 0 Å². The standard InChI is InChI=1S/C14H26N4S/c1-4-5-12-13(15)14(18(2)17-12)16-10-6-8-11(19-3)9-7-10/h10-11,16H,4-9,15H2,1-3H3. The number of nitrogens with zero attached hydrogens (tertiary/aromatic N) is 2. The molecule has 19 heavy (non-hydrogen) atoms. The fourth-order valence-corrected chi connectivity index (χ4v) is 3.57. The molecule has 0 aromatic carbocycles. The van der Waals surface area contributed by atoms with E-state index in [2.05, 4.69) is 23.6 Å². The summed E-state index contributed by atoms with van der Waals surface area (Å²) in [6.45, 7) is 2.16. The molecule has 1 aromatic rings. The van der Waals surface area contributed by atoms with Crippen molar-refractivity contribution in [3.05, 3.63) is 5.69 Å². The van der Waals surface area contributed by atoms with Gasteiger partial charge in [0.15, 0.2) is 0 Å². The highest BCUT2D eigenvalue weighted by Crippen LogP contribution is 2.31. The number of anilines is 2. The average molecular weight is 282 g/mol. The lowest BCUT2D eigenvalue weighted by atomic mass is 9.95. The maximum Gasteiger partial charge on any atom is 0.147 e. The number of rotatable bonds is 5. The van der Waals surface area contributed by atoms with Crippen molar-refractivity contribution in [2.24, 2.45) is 7.05 Å². The maximum atomic E-state index is 6.21. The third-order valence-corrected chi connectivity index (χ3v) is 5.13. The Bertz CT molecular complexity index is 408. The molecule has 0 radical (unpaired) electrons. The highest BCUT2D eigenvalue weighted by atomic mass is 32.2. The second-order valence-electron chi connectivity index (χ2n) is 5.44. The normalized spacial score (nSPS) is 23.5.